The maximum Gasteiger partial charge on any atom is 0.306 e. The van der Waals surface area contributed by atoms with Crippen LogP contribution < -0.4 is 10.9 Å². The molecule has 0 spiro atoms. The second-order valence-corrected chi connectivity index (χ2v) is 7.55. The first-order valence-corrected chi connectivity index (χ1v) is 9.60. The molecule has 2 N–H and O–H groups in total. The predicted octanol–water partition coefficient (Wildman–Crippen LogP) is 2.11. The van der Waals surface area contributed by atoms with Crippen molar-refractivity contribution >= 4 is 22.8 Å². The van der Waals surface area contributed by atoms with Crippen LogP contribution in [-0.2, 0) is 17.8 Å². The van der Waals surface area contributed by atoms with E-state index in [0.29, 0.717) is 42.3 Å². The third kappa shape index (κ3) is 3.46. The van der Waals surface area contributed by atoms with Crippen LogP contribution in [0, 0.1) is 5.92 Å². The molecule has 0 unspecified atom stereocenters. The second kappa shape index (κ2) is 7.13. The van der Waals surface area contributed by atoms with Crippen LogP contribution in [0.3, 0.4) is 0 Å². The molecule has 0 bridgehead atoms. The van der Waals surface area contributed by atoms with Crippen molar-refractivity contribution in [2.24, 2.45) is 5.92 Å². The maximum atomic E-state index is 12.8. The Labute approximate surface area is 156 Å². The van der Waals surface area contributed by atoms with Crippen molar-refractivity contribution in [2.45, 2.75) is 57.5 Å². The lowest BCUT2D eigenvalue weighted by atomic mass is 10.1. The van der Waals surface area contributed by atoms with Crippen molar-refractivity contribution in [1.29, 1.82) is 0 Å². The number of nitrogens with zero attached hydrogens (tertiary/aromatic N) is 2. The van der Waals surface area contributed by atoms with Gasteiger partial charge in [0, 0.05) is 24.6 Å². The number of aromatic nitrogens is 2. The number of carboxylic acids is 1. The van der Waals surface area contributed by atoms with Gasteiger partial charge in [-0.25, -0.2) is 4.98 Å². The summed E-state index contributed by atoms with van der Waals surface area (Å²) in [5, 5.41) is 12.5. The molecule has 1 aliphatic heterocycles. The molecule has 142 valence electrons. The van der Waals surface area contributed by atoms with Crippen molar-refractivity contribution in [2.75, 3.05) is 0 Å². The SMILES string of the molecule is O=C(N[C@H]1CC[C@@H](C(=O)O)C1)c1ccc2c(=O)n3c(nc2c1)CCCCC3. The minimum atomic E-state index is -0.803. The average molecular weight is 369 g/mol. The summed E-state index contributed by atoms with van der Waals surface area (Å²) >= 11 is 0. The fourth-order valence-electron chi connectivity index (χ4n) is 4.17. The van der Waals surface area contributed by atoms with Crippen LogP contribution in [0.15, 0.2) is 23.0 Å². The van der Waals surface area contributed by atoms with Gasteiger partial charge in [-0.05, 0) is 50.3 Å². The highest BCUT2D eigenvalue weighted by molar-refractivity contribution is 5.97. The Morgan fingerprint density at radius 1 is 1.19 bits per heavy atom. The molecule has 1 aromatic carbocycles. The van der Waals surface area contributed by atoms with E-state index in [2.05, 4.69) is 10.3 Å². The van der Waals surface area contributed by atoms with E-state index in [9.17, 15) is 14.4 Å². The summed E-state index contributed by atoms with van der Waals surface area (Å²) < 4.78 is 1.76. The third-order valence-corrected chi connectivity index (χ3v) is 5.70. The Morgan fingerprint density at radius 3 is 2.81 bits per heavy atom. The highest BCUT2D eigenvalue weighted by Gasteiger charge is 2.30. The fraction of sp³-hybridized carbons (Fsp3) is 0.500. The van der Waals surface area contributed by atoms with E-state index in [0.717, 1.165) is 31.5 Å². The molecule has 0 radical (unpaired) electrons. The lowest BCUT2D eigenvalue weighted by molar-refractivity contribution is -0.141. The van der Waals surface area contributed by atoms with E-state index < -0.39 is 5.97 Å². The Morgan fingerprint density at radius 2 is 2.04 bits per heavy atom. The smallest absolute Gasteiger partial charge is 0.306 e. The first kappa shape index (κ1) is 17.7. The molecule has 1 aliphatic carbocycles. The zero-order valence-electron chi connectivity index (χ0n) is 15.1. The number of hydrogen-bond acceptors (Lipinski definition) is 4. The fourth-order valence-corrected chi connectivity index (χ4v) is 4.17. The number of rotatable bonds is 3. The molecule has 7 heteroatoms. The number of hydrogen-bond donors (Lipinski definition) is 2. The summed E-state index contributed by atoms with van der Waals surface area (Å²) in [6, 6.07) is 4.86. The van der Waals surface area contributed by atoms with Crippen LogP contribution in [0.2, 0.25) is 0 Å². The summed E-state index contributed by atoms with van der Waals surface area (Å²) in [7, 11) is 0. The number of nitrogens with one attached hydrogen (secondary N) is 1. The molecule has 7 nitrogen and oxygen atoms in total. The van der Waals surface area contributed by atoms with Crippen LogP contribution in [0.5, 0.6) is 0 Å². The van der Waals surface area contributed by atoms with Gasteiger partial charge in [0.15, 0.2) is 0 Å². The number of benzene rings is 1. The number of carboxylic acid groups (broad SMARTS) is 1. The van der Waals surface area contributed by atoms with Gasteiger partial charge < -0.3 is 10.4 Å². The molecule has 2 aliphatic rings. The van der Waals surface area contributed by atoms with Crippen LogP contribution >= 0.6 is 0 Å². The van der Waals surface area contributed by atoms with Crippen molar-refractivity contribution in [3.8, 4) is 0 Å². The van der Waals surface area contributed by atoms with Gasteiger partial charge in [-0.3, -0.25) is 19.0 Å². The third-order valence-electron chi connectivity index (χ3n) is 5.70. The summed E-state index contributed by atoms with van der Waals surface area (Å²) in [5.74, 6) is -0.640. The number of aryl methyl sites for hydroxylation is 1. The molecule has 1 amide bonds. The second-order valence-electron chi connectivity index (χ2n) is 7.55. The number of amides is 1. The Hall–Kier alpha value is -2.70. The zero-order chi connectivity index (χ0) is 19.0. The summed E-state index contributed by atoms with van der Waals surface area (Å²) in [5.41, 5.74) is 0.964. The van der Waals surface area contributed by atoms with Crippen LogP contribution in [-0.4, -0.2) is 32.6 Å². The molecule has 1 aromatic heterocycles. The molecule has 1 fully saturated rings. The maximum absolute atomic E-state index is 12.8. The van der Waals surface area contributed by atoms with Gasteiger partial charge in [-0.2, -0.15) is 0 Å². The molecule has 27 heavy (non-hydrogen) atoms. The molecule has 1 saturated carbocycles. The quantitative estimate of drug-likeness (QED) is 0.863. The number of aliphatic carboxylic acids is 1. The predicted molar refractivity (Wildman–Crippen MR) is 99.8 cm³/mol. The number of fused-ring (bicyclic) bond motifs is 2. The van der Waals surface area contributed by atoms with E-state index in [1.807, 2.05) is 0 Å². The average Bonchev–Trinajstić information content (AvgIpc) is 2.99. The van der Waals surface area contributed by atoms with Gasteiger partial charge in [0.1, 0.15) is 5.82 Å². The normalized spacial score (nSPS) is 22.2. The van der Waals surface area contributed by atoms with E-state index >= 15 is 0 Å². The number of carbonyl (C=O) groups is 2. The summed E-state index contributed by atoms with van der Waals surface area (Å²) in [6.07, 6.45) is 5.59. The van der Waals surface area contributed by atoms with Crippen molar-refractivity contribution in [1.82, 2.24) is 14.9 Å². The molecule has 2 atom stereocenters. The lowest BCUT2D eigenvalue weighted by Gasteiger charge is -2.14. The standard InChI is InChI=1S/C20H23N3O4/c24-18(21-14-7-5-13(10-14)20(26)27)12-6-8-15-16(11-12)22-17-4-2-1-3-9-23(17)19(15)25/h6,8,11,13-14H,1-5,7,9-10H2,(H,21,24)(H,26,27)/t13-,14+/m1/s1. The van der Waals surface area contributed by atoms with Gasteiger partial charge in [0.05, 0.1) is 16.8 Å². The van der Waals surface area contributed by atoms with Gasteiger partial charge in [0.2, 0.25) is 0 Å². The van der Waals surface area contributed by atoms with Crippen molar-refractivity contribution in [3.63, 3.8) is 0 Å². The van der Waals surface area contributed by atoms with E-state index in [4.69, 9.17) is 5.11 Å². The van der Waals surface area contributed by atoms with Gasteiger partial charge in [0.25, 0.3) is 11.5 Å². The van der Waals surface area contributed by atoms with Crippen LogP contribution in [0.1, 0.15) is 54.7 Å². The first-order valence-electron chi connectivity index (χ1n) is 9.60. The number of carbonyl (C=O) groups excluding carboxylic acids is 1. The Bertz CT molecular complexity index is 966. The van der Waals surface area contributed by atoms with Crippen LogP contribution in [0.25, 0.3) is 10.9 Å². The van der Waals surface area contributed by atoms with Crippen LogP contribution in [0.4, 0.5) is 0 Å². The molecule has 0 saturated heterocycles. The Kier molecular flexibility index (Phi) is 4.68. The topological polar surface area (TPSA) is 101 Å². The van der Waals surface area contributed by atoms with Gasteiger partial charge >= 0.3 is 5.97 Å². The van der Waals surface area contributed by atoms with Crippen molar-refractivity contribution < 1.29 is 14.7 Å². The van der Waals surface area contributed by atoms with Crippen molar-refractivity contribution in [3.05, 3.63) is 39.9 Å². The molecule has 2 aromatic rings. The molecule has 2 heterocycles. The lowest BCUT2D eigenvalue weighted by Crippen LogP contribution is -2.33. The molecular formula is C20H23N3O4. The molecular weight excluding hydrogens is 346 g/mol. The summed E-state index contributed by atoms with van der Waals surface area (Å²) in [6.45, 7) is 0.700. The largest absolute Gasteiger partial charge is 0.481 e. The highest BCUT2D eigenvalue weighted by atomic mass is 16.4. The van der Waals surface area contributed by atoms with E-state index in [1.54, 1.807) is 22.8 Å². The van der Waals surface area contributed by atoms with Gasteiger partial charge in [-0.1, -0.05) is 6.42 Å². The van der Waals surface area contributed by atoms with E-state index in [-0.39, 0.29) is 23.4 Å². The monoisotopic (exact) mass is 369 g/mol. The minimum Gasteiger partial charge on any atom is -0.481 e. The highest BCUT2D eigenvalue weighted by Crippen LogP contribution is 2.26. The van der Waals surface area contributed by atoms with E-state index in [1.165, 1.54) is 0 Å². The zero-order valence-corrected chi connectivity index (χ0v) is 15.1. The Balaban J connectivity index is 1.59. The minimum absolute atomic E-state index is 0.0380. The van der Waals surface area contributed by atoms with Gasteiger partial charge in [-0.15, -0.1) is 0 Å². The summed E-state index contributed by atoms with van der Waals surface area (Å²) in [4.78, 5) is 41.1. The first-order chi connectivity index (χ1) is 13.0. The molecule has 4 rings (SSSR count).